The molecule has 1 aliphatic rings. The van der Waals surface area contributed by atoms with Gasteiger partial charge in [-0.25, -0.2) is 35.1 Å². The highest BCUT2D eigenvalue weighted by Gasteiger charge is 2.32. The van der Waals surface area contributed by atoms with Crippen molar-refractivity contribution in [3.05, 3.63) is 540 Å². The van der Waals surface area contributed by atoms with Crippen LogP contribution in [0.2, 0.25) is 0 Å². The summed E-state index contributed by atoms with van der Waals surface area (Å²) in [7, 11) is 0. The Hall–Kier alpha value is -13.8. The zero-order valence-electron chi connectivity index (χ0n) is 91.4. The number of rotatable bonds is 0. The topological polar surface area (TPSA) is 0 Å². The summed E-state index contributed by atoms with van der Waals surface area (Å²) in [6.07, 6.45) is 1.16. The quantitative estimate of drug-likeness (QED) is 0.133. The fourth-order valence-corrected chi connectivity index (χ4v) is 15.6. The van der Waals surface area contributed by atoms with E-state index in [-0.39, 0.29) is 28.3 Å². The molecule has 18 aromatic rings. The van der Waals surface area contributed by atoms with Crippen molar-refractivity contribution in [2.45, 2.75) is 240 Å². The fraction of sp³-hybridized carbons (Fsp3) is 0.259. The predicted octanol–water partition coefficient (Wildman–Crippen LogP) is 40.5. The Morgan fingerprint density at radius 3 is 0.692 bits per heavy atom. The molecule has 0 amide bonds. The Balaban J connectivity index is 0.000000241. The van der Waals surface area contributed by atoms with Gasteiger partial charge in [0.25, 0.3) is 0 Å². The molecule has 0 N–H and O–H groups in total. The molecule has 0 saturated carbocycles. The van der Waals surface area contributed by atoms with Gasteiger partial charge in [0.1, 0.15) is 34.9 Å². The van der Waals surface area contributed by atoms with Crippen LogP contribution in [0.15, 0.2) is 309 Å². The van der Waals surface area contributed by atoms with E-state index in [1.807, 2.05) is 26.0 Å². The van der Waals surface area contributed by atoms with Gasteiger partial charge < -0.3 is 0 Å². The minimum atomic E-state index is -4.23. The van der Waals surface area contributed by atoms with E-state index < -0.39 is 46.6 Å². The molecule has 0 unspecified atom stereocenters. The lowest BCUT2D eigenvalue weighted by molar-refractivity contribution is -0.138. The normalized spacial score (nSPS) is 10.7. The van der Waals surface area contributed by atoms with Crippen molar-refractivity contribution in [3.63, 3.8) is 0 Å². The third-order valence-electron chi connectivity index (χ3n) is 25.2. The Morgan fingerprint density at radius 1 is 0.164 bits per heavy atom. The van der Waals surface area contributed by atoms with E-state index in [9.17, 15) is 48.3 Å². The van der Waals surface area contributed by atoms with E-state index >= 15 is 0 Å². The van der Waals surface area contributed by atoms with E-state index in [0.29, 0.717) is 38.9 Å². The number of fused-ring (bicyclic) bond motifs is 5. The molecule has 0 aromatic heterocycles. The highest BCUT2D eigenvalue weighted by Crippen LogP contribution is 2.33. The van der Waals surface area contributed by atoms with Crippen molar-refractivity contribution >= 4 is 43.1 Å². The van der Waals surface area contributed by atoms with Crippen LogP contribution in [-0.2, 0) is 19.0 Å². The highest BCUT2D eigenvalue weighted by molar-refractivity contribution is 5.89. The van der Waals surface area contributed by atoms with Crippen LogP contribution in [-0.4, -0.2) is 0 Å². The maximum atomic E-state index is 12.6. The van der Waals surface area contributed by atoms with Crippen molar-refractivity contribution in [1.29, 1.82) is 0 Å². The van der Waals surface area contributed by atoms with Crippen LogP contribution < -0.4 is 0 Å². The van der Waals surface area contributed by atoms with E-state index in [4.69, 9.17) is 0 Å². The number of aryl methyl sites for hydroxylation is 28. The molecule has 19 rings (SSSR count). The SMILES string of the molecule is Cc1cc(F)c(C)c(F)c1.Cc1cc(F)c(C)c(F)c1.Cc1ccc(C)c(C(F)(F)F)c1.Cc1ccc(C)c(C)c1.Cc1ccc(C)c(C)c1.Cc1ccc(C)c(F)c1.Cc1ccc(C)c(F)c1.Cc1ccc(C)c(F)c1F.Cc1ccc(C)c2c1CCCC2.Cc1ccc(C)c2ccccc12.Cc1ccc(C)cc1.Cc1ccc2cc(C)ccc2c1.Cc1ccc2ccc(C)cc2c1.Cc1cccc2c(C)cccc12. The van der Waals surface area contributed by atoms with Crippen molar-refractivity contribution < 1.29 is 48.3 Å². The second kappa shape index (κ2) is 59.0. The highest BCUT2D eigenvalue weighted by atomic mass is 19.4. The molecule has 11 heteroatoms. The van der Waals surface area contributed by atoms with E-state index in [0.717, 1.165) is 17.2 Å². The minimum absolute atomic E-state index is 0.0885. The summed E-state index contributed by atoms with van der Waals surface area (Å²) >= 11 is 0. The summed E-state index contributed by atoms with van der Waals surface area (Å²) < 4.78 is 137. The Morgan fingerprint density at radius 2 is 0.397 bits per heavy atom. The van der Waals surface area contributed by atoms with Crippen molar-refractivity contribution in [1.82, 2.24) is 0 Å². The van der Waals surface area contributed by atoms with Gasteiger partial charge in [0.2, 0.25) is 0 Å². The lowest BCUT2D eigenvalue weighted by atomic mass is 9.86. The first kappa shape index (κ1) is 121. The van der Waals surface area contributed by atoms with E-state index in [1.54, 1.807) is 76.1 Å². The molecule has 0 spiro atoms. The zero-order valence-corrected chi connectivity index (χ0v) is 91.4. The molecule has 0 fully saturated rings. The van der Waals surface area contributed by atoms with Gasteiger partial charge in [-0.3, -0.25) is 0 Å². The monoisotopic (exact) mass is 1980 g/mol. The first-order chi connectivity index (χ1) is 68.7. The third-order valence-corrected chi connectivity index (χ3v) is 25.2. The molecule has 18 aromatic carbocycles. The molecule has 766 valence electrons. The average molecular weight is 1980 g/mol. The summed E-state index contributed by atoms with van der Waals surface area (Å²) in [5.74, 6) is -3.60. The number of halogens is 11. The van der Waals surface area contributed by atoms with Crippen LogP contribution in [0.4, 0.5) is 48.3 Å². The van der Waals surface area contributed by atoms with Crippen LogP contribution in [0.3, 0.4) is 0 Å². The predicted molar refractivity (Wildman–Crippen MR) is 604 cm³/mol. The summed E-state index contributed by atoms with van der Waals surface area (Å²) in [5.41, 5.74) is 33.7. The van der Waals surface area contributed by atoms with Crippen LogP contribution in [0.25, 0.3) is 43.1 Å². The van der Waals surface area contributed by atoms with E-state index in [2.05, 4.69) is 343 Å². The lowest BCUT2D eigenvalue weighted by Gasteiger charge is -2.19. The summed E-state index contributed by atoms with van der Waals surface area (Å²) in [6.45, 7) is 58.2. The second-order valence-electron chi connectivity index (χ2n) is 38.7. The van der Waals surface area contributed by atoms with Crippen molar-refractivity contribution in [2.24, 2.45) is 0 Å². The second-order valence-corrected chi connectivity index (χ2v) is 38.7. The van der Waals surface area contributed by atoms with Crippen molar-refractivity contribution in [2.75, 3.05) is 0 Å². The lowest BCUT2D eigenvalue weighted by Crippen LogP contribution is -2.07. The van der Waals surface area contributed by atoms with Crippen molar-refractivity contribution in [3.8, 4) is 0 Å². The van der Waals surface area contributed by atoms with Crippen LogP contribution >= 0.6 is 0 Å². The van der Waals surface area contributed by atoms with Gasteiger partial charge in [-0.15, -0.1) is 0 Å². The summed E-state index contributed by atoms with van der Waals surface area (Å²) in [5, 5.41) is 10.8. The number of benzene rings is 18. The molecule has 0 saturated heterocycles. The molecule has 0 radical (unpaired) electrons. The van der Waals surface area contributed by atoms with Gasteiger partial charge in [-0.2, -0.15) is 13.2 Å². The Labute approximate surface area is 865 Å². The fourth-order valence-electron chi connectivity index (χ4n) is 15.6. The van der Waals surface area contributed by atoms with Gasteiger partial charge >= 0.3 is 6.18 Å². The summed E-state index contributed by atoms with van der Waals surface area (Å²) in [6, 6.07) is 101. The van der Waals surface area contributed by atoms with Gasteiger partial charge in [0.05, 0.1) is 5.56 Å². The van der Waals surface area contributed by atoms with Gasteiger partial charge in [-0.1, -0.05) is 317 Å². The maximum absolute atomic E-state index is 12.6. The minimum Gasteiger partial charge on any atom is -0.207 e. The summed E-state index contributed by atoms with van der Waals surface area (Å²) in [4.78, 5) is 0. The van der Waals surface area contributed by atoms with E-state index in [1.165, 1.54) is 246 Å². The molecular weight excluding hydrogens is 1830 g/mol. The molecule has 0 aliphatic heterocycles. The largest absolute Gasteiger partial charge is 0.416 e. The standard InChI is InChI=1S/3C12H12.C12H16.C12H12.C9H9F3.2C9H12.3C8H8F2.2C8H9F.C8H10/c1-9-3-5-12-8-10(2)4-6-11(12)7-9;1-9-3-5-11-6-4-10(2)8-12(11)7-9;1-9-5-3-8-12-10(2)6-4-7-11(9)12;2*1-9-7-8-10(2)12-6-4-3-5-11(9)12;1-6-3-4-7(2)8(5-6)9(10,11)12;2*1-7-4-5-8(2)9(3)6-7;2*1-5-3-7(9)6(2)8(10)4-5;1-5-3-4-6(2)8(10)7(5)9;2*1-6-3-4-7(2)8(9)5-6;1-7-3-5-8(2)6-4-7/h3*3-8H,1-2H3;7-8H,3-6H2,1-2H3;3-8H,1-2H3;3-5H,1-2H3;2*4-6H,1-3H3;3*3-4H,1-2H3;2*3-5H,1-2H3;3-6H,1-2H3. The molecule has 0 bridgehead atoms. The smallest absolute Gasteiger partial charge is 0.207 e. The Bertz CT molecular complexity index is 6720. The Kier molecular flexibility index (Phi) is 48.9. The number of alkyl halides is 3. The molecular formula is C135H149F11. The molecule has 1 aliphatic carbocycles. The van der Waals surface area contributed by atoms with Gasteiger partial charge in [-0.05, 0) is 436 Å². The van der Waals surface area contributed by atoms with Crippen LogP contribution in [0.5, 0.6) is 0 Å². The number of hydrogen-bond donors (Lipinski definition) is 0. The first-order valence-corrected chi connectivity index (χ1v) is 49.6. The average Bonchev–Trinajstić information content (AvgIpc) is 0.827. The molecule has 0 atom stereocenters. The first-order valence-electron chi connectivity index (χ1n) is 49.6. The van der Waals surface area contributed by atoms with Crippen LogP contribution in [0.1, 0.15) is 196 Å². The molecule has 0 nitrogen and oxygen atoms in total. The third kappa shape index (κ3) is 40.3. The molecule has 0 heterocycles. The zero-order chi connectivity index (χ0) is 109. The maximum Gasteiger partial charge on any atom is 0.416 e. The van der Waals surface area contributed by atoms with Gasteiger partial charge in [0.15, 0.2) is 11.6 Å². The van der Waals surface area contributed by atoms with Crippen LogP contribution in [0, 0.1) is 254 Å². The van der Waals surface area contributed by atoms with Gasteiger partial charge in [0, 0.05) is 11.1 Å². The molecule has 146 heavy (non-hydrogen) atoms. The number of hydrogen-bond acceptors (Lipinski definition) is 0.